The normalized spacial score (nSPS) is 21.0. The lowest BCUT2D eigenvalue weighted by Gasteiger charge is -2.28. The largest absolute Gasteiger partial charge is 0.497 e. The summed E-state index contributed by atoms with van der Waals surface area (Å²) < 4.78 is 45.2. The molecule has 2 unspecified atom stereocenters. The average Bonchev–Trinajstić information content (AvgIpc) is 3.13. The zero-order chi connectivity index (χ0) is 20.7. The van der Waals surface area contributed by atoms with E-state index in [0.717, 1.165) is 15.7 Å². The monoisotopic (exact) mass is 395 g/mol. The Balaban J connectivity index is 1.83. The molecule has 0 radical (unpaired) electrons. The first-order valence-corrected chi connectivity index (χ1v) is 8.76. The van der Waals surface area contributed by atoms with Crippen LogP contribution in [0.5, 0.6) is 5.75 Å². The van der Waals surface area contributed by atoms with Crippen LogP contribution in [-0.2, 0) is 9.59 Å². The van der Waals surface area contributed by atoms with Crippen molar-refractivity contribution >= 4 is 22.6 Å². The van der Waals surface area contributed by atoms with Gasteiger partial charge in [0.25, 0.3) is 0 Å². The number of carbonyl (C=O) groups excluding carboxylic acids is 1. The Morgan fingerprint density at radius 2 is 1.82 bits per heavy atom. The molecule has 1 heterocycles. The second-order valence-electron chi connectivity index (χ2n) is 7.09. The molecule has 3 rings (SSSR count). The van der Waals surface area contributed by atoms with Gasteiger partial charge in [-0.1, -0.05) is 24.3 Å². The quantitative estimate of drug-likeness (QED) is 0.855. The third-order valence-corrected chi connectivity index (χ3v) is 5.47. The van der Waals surface area contributed by atoms with Gasteiger partial charge in [0, 0.05) is 13.1 Å². The number of rotatable bonds is 4. The van der Waals surface area contributed by atoms with Gasteiger partial charge in [0.1, 0.15) is 5.75 Å². The summed E-state index contributed by atoms with van der Waals surface area (Å²) in [5, 5.41) is 10.9. The molecule has 0 spiro atoms. The molecule has 0 aromatic heterocycles. The van der Waals surface area contributed by atoms with Gasteiger partial charge in [0.05, 0.1) is 13.0 Å². The molecule has 0 aliphatic carbocycles. The maximum atomic E-state index is 13.3. The molecule has 28 heavy (non-hydrogen) atoms. The highest BCUT2D eigenvalue weighted by molar-refractivity contribution is 5.89. The number of carboxylic acid groups (broad SMARTS) is 1. The number of carboxylic acids is 1. The second-order valence-corrected chi connectivity index (χ2v) is 7.09. The predicted molar refractivity (Wildman–Crippen MR) is 96.2 cm³/mol. The first kappa shape index (κ1) is 20.0. The van der Waals surface area contributed by atoms with E-state index in [0.29, 0.717) is 11.3 Å². The number of benzene rings is 2. The van der Waals surface area contributed by atoms with Crippen LogP contribution in [0.2, 0.25) is 0 Å². The first-order valence-electron chi connectivity index (χ1n) is 8.76. The summed E-state index contributed by atoms with van der Waals surface area (Å²) >= 11 is 0. The van der Waals surface area contributed by atoms with E-state index in [9.17, 15) is 22.8 Å². The van der Waals surface area contributed by atoms with Crippen molar-refractivity contribution in [2.45, 2.75) is 25.4 Å². The number of likely N-dealkylation sites (tertiary alicyclic amines) is 1. The summed E-state index contributed by atoms with van der Waals surface area (Å²) in [6.07, 6.45) is -5.55. The molecular formula is C20H20F3NO4. The number of methoxy groups -OCH3 is 1. The van der Waals surface area contributed by atoms with Gasteiger partial charge in [-0.05, 0) is 41.8 Å². The number of alkyl halides is 3. The number of aliphatic carboxylic acids is 1. The van der Waals surface area contributed by atoms with Crippen molar-refractivity contribution in [2.24, 2.45) is 5.41 Å². The molecule has 1 fully saturated rings. The fourth-order valence-electron chi connectivity index (χ4n) is 3.58. The van der Waals surface area contributed by atoms with Gasteiger partial charge in [-0.2, -0.15) is 13.2 Å². The topological polar surface area (TPSA) is 66.8 Å². The van der Waals surface area contributed by atoms with E-state index in [-0.39, 0.29) is 6.54 Å². The number of carbonyl (C=O) groups is 2. The number of fused-ring (bicyclic) bond motifs is 1. The Bertz CT molecular complexity index is 927. The van der Waals surface area contributed by atoms with Crippen LogP contribution in [0.3, 0.4) is 0 Å². The van der Waals surface area contributed by atoms with Gasteiger partial charge in [0.15, 0.2) is 5.41 Å². The standard InChI is InChI=1S/C20H20F3NO4/c1-12(13-3-4-15-10-16(28-2)6-5-14(15)9-13)17(25)24-8-7-19(11-24,18(26)27)20(21,22)23/h3-6,9-10,12H,7-8,11H2,1-2H3,(H,26,27). The number of nitrogens with zero attached hydrogens (tertiary/aromatic N) is 1. The van der Waals surface area contributed by atoms with Crippen LogP contribution in [0.4, 0.5) is 13.2 Å². The Labute approximate surface area is 159 Å². The van der Waals surface area contributed by atoms with E-state index in [1.807, 2.05) is 24.3 Å². The SMILES string of the molecule is COc1ccc2cc(C(C)C(=O)N3CCC(C(=O)O)(C(F)(F)F)C3)ccc2c1. The van der Waals surface area contributed by atoms with Crippen LogP contribution in [0.15, 0.2) is 36.4 Å². The van der Waals surface area contributed by atoms with Crippen LogP contribution in [-0.4, -0.2) is 48.3 Å². The van der Waals surface area contributed by atoms with Crippen LogP contribution in [0.1, 0.15) is 24.8 Å². The van der Waals surface area contributed by atoms with Gasteiger partial charge in [0.2, 0.25) is 5.91 Å². The number of amides is 1. The zero-order valence-electron chi connectivity index (χ0n) is 15.4. The summed E-state index contributed by atoms with van der Waals surface area (Å²) in [5.41, 5.74) is -2.25. The maximum Gasteiger partial charge on any atom is 0.406 e. The lowest BCUT2D eigenvalue weighted by Crippen LogP contribution is -2.48. The number of hydrogen-bond acceptors (Lipinski definition) is 3. The van der Waals surface area contributed by atoms with Crippen LogP contribution in [0, 0.1) is 5.41 Å². The van der Waals surface area contributed by atoms with E-state index in [1.54, 1.807) is 26.2 Å². The summed E-state index contributed by atoms with van der Waals surface area (Å²) in [7, 11) is 1.56. The smallest absolute Gasteiger partial charge is 0.406 e. The molecule has 2 atom stereocenters. The molecule has 1 saturated heterocycles. The van der Waals surface area contributed by atoms with Gasteiger partial charge >= 0.3 is 12.1 Å². The number of hydrogen-bond donors (Lipinski definition) is 1. The minimum atomic E-state index is -4.92. The van der Waals surface area contributed by atoms with Crippen LogP contribution in [0.25, 0.3) is 10.8 Å². The van der Waals surface area contributed by atoms with Crippen molar-refractivity contribution in [1.29, 1.82) is 0 Å². The molecule has 2 aromatic rings. The molecule has 2 aromatic carbocycles. The van der Waals surface area contributed by atoms with Crippen LogP contribution >= 0.6 is 0 Å². The van der Waals surface area contributed by atoms with E-state index < -0.39 is 42.4 Å². The minimum Gasteiger partial charge on any atom is -0.497 e. The van der Waals surface area contributed by atoms with Crippen LogP contribution < -0.4 is 4.74 Å². The molecule has 1 aliphatic rings. The zero-order valence-corrected chi connectivity index (χ0v) is 15.4. The highest BCUT2D eigenvalue weighted by atomic mass is 19.4. The minimum absolute atomic E-state index is 0.236. The van der Waals surface area contributed by atoms with Gasteiger partial charge in [-0.25, -0.2) is 0 Å². The van der Waals surface area contributed by atoms with E-state index >= 15 is 0 Å². The number of halogens is 3. The van der Waals surface area contributed by atoms with Crippen molar-refractivity contribution in [3.05, 3.63) is 42.0 Å². The van der Waals surface area contributed by atoms with Gasteiger partial charge in [-0.3, -0.25) is 9.59 Å². The van der Waals surface area contributed by atoms with E-state index in [4.69, 9.17) is 9.84 Å². The van der Waals surface area contributed by atoms with Crippen molar-refractivity contribution in [2.75, 3.05) is 20.2 Å². The van der Waals surface area contributed by atoms with Crippen molar-refractivity contribution in [3.63, 3.8) is 0 Å². The first-order chi connectivity index (χ1) is 13.1. The fourth-order valence-corrected chi connectivity index (χ4v) is 3.58. The molecule has 1 N–H and O–H groups in total. The molecule has 1 amide bonds. The average molecular weight is 395 g/mol. The Morgan fingerprint density at radius 1 is 1.18 bits per heavy atom. The maximum absolute atomic E-state index is 13.3. The lowest BCUT2D eigenvalue weighted by molar-refractivity contribution is -0.227. The summed E-state index contributed by atoms with van der Waals surface area (Å²) in [4.78, 5) is 25.1. The summed E-state index contributed by atoms with van der Waals surface area (Å²) in [5.74, 6) is -2.45. The number of ether oxygens (including phenoxy) is 1. The molecule has 8 heteroatoms. The molecular weight excluding hydrogens is 375 g/mol. The fraction of sp³-hybridized carbons (Fsp3) is 0.400. The molecule has 5 nitrogen and oxygen atoms in total. The van der Waals surface area contributed by atoms with Gasteiger partial charge < -0.3 is 14.7 Å². The Kier molecular flexibility index (Phi) is 4.99. The lowest BCUT2D eigenvalue weighted by atomic mass is 9.86. The van der Waals surface area contributed by atoms with Gasteiger partial charge in [-0.15, -0.1) is 0 Å². The summed E-state index contributed by atoms with van der Waals surface area (Å²) in [6, 6.07) is 10.8. The molecule has 1 aliphatic heterocycles. The van der Waals surface area contributed by atoms with E-state index in [2.05, 4.69) is 0 Å². The Morgan fingerprint density at radius 3 is 2.39 bits per heavy atom. The Hall–Kier alpha value is -2.77. The molecule has 150 valence electrons. The third kappa shape index (κ3) is 3.27. The third-order valence-electron chi connectivity index (χ3n) is 5.47. The molecule has 0 bridgehead atoms. The molecule has 0 saturated carbocycles. The second kappa shape index (κ2) is 7.00. The van der Waals surface area contributed by atoms with E-state index in [1.165, 1.54) is 0 Å². The summed E-state index contributed by atoms with van der Waals surface area (Å²) in [6.45, 7) is 0.515. The predicted octanol–water partition coefficient (Wildman–Crippen LogP) is 3.82. The highest BCUT2D eigenvalue weighted by Crippen LogP contribution is 2.46. The highest BCUT2D eigenvalue weighted by Gasteiger charge is 2.64. The van der Waals surface area contributed by atoms with Crippen molar-refractivity contribution in [3.8, 4) is 5.75 Å². The van der Waals surface area contributed by atoms with Crippen molar-refractivity contribution < 1.29 is 32.6 Å². The van der Waals surface area contributed by atoms with Crippen molar-refractivity contribution in [1.82, 2.24) is 4.90 Å².